The van der Waals surface area contributed by atoms with Crippen molar-refractivity contribution in [1.82, 2.24) is 0 Å². The standard InChI is InChI=1S/C15H16O3/c1-10(9-14(16)18-2)12-8-7-11-5-3-4-6-13(11)15(12)17/h3-9,12,15,17H,1-2H3/b10-9+. The molecule has 2 rings (SSSR count). The van der Waals surface area contributed by atoms with Crippen LogP contribution in [0.1, 0.15) is 24.2 Å². The number of aliphatic hydroxyl groups excluding tert-OH is 1. The van der Waals surface area contributed by atoms with Crippen molar-refractivity contribution in [2.24, 2.45) is 5.92 Å². The largest absolute Gasteiger partial charge is 0.466 e. The first-order valence-electron chi connectivity index (χ1n) is 5.85. The first-order valence-corrected chi connectivity index (χ1v) is 5.85. The number of rotatable bonds is 2. The number of carbonyl (C=O) groups is 1. The molecule has 1 aliphatic rings. The highest BCUT2D eigenvalue weighted by Gasteiger charge is 2.25. The average molecular weight is 244 g/mol. The fourth-order valence-electron chi connectivity index (χ4n) is 2.18. The van der Waals surface area contributed by atoms with E-state index in [4.69, 9.17) is 0 Å². The van der Waals surface area contributed by atoms with Crippen LogP contribution in [0.2, 0.25) is 0 Å². The van der Waals surface area contributed by atoms with E-state index in [-0.39, 0.29) is 5.92 Å². The number of ether oxygens (including phenoxy) is 1. The number of hydrogen-bond acceptors (Lipinski definition) is 3. The molecule has 0 aliphatic heterocycles. The molecule has 0 heterocycles. The van der Waals surface area contributed by atoms with E-state index in [2.05, 4.69) is 4.74 Å². The SMILES string of the molecule is COC(=O)/C=C(\C)C1C=Cc2ccccc2C1O. The lowest BCUT2D eigenvalue weighted by Crippen LogP contribution is -2.16. The molecule has 3 nitrogen and oxygen atoms in total. The molecule has 1 aromatic rings. The molecule has 2 atom stereocenters. The Hall–Kier alpha value is -1.87. The topological polar surface area (TPSA) is 46.5 Å². The fourth-order valence-corrected chi connectivity index (χ4v) is 2.18. The summed E-state index contributed by atoms with van der Waals surface area (Å²) in [7, 11) is 1.34. The molecular formula is C15H16O3. The van der Waals surface area contributed by atoms with Crippen LogP contribution in [0.3, 0.4) is 0 Å². The van der Waals surface area contributed by atoms with Crippen LogP contribution in [0.15, 0.2) is 42.0 Å². The Morgan fingerprint density at radius 1 is 1.39 bits per heavy atom. The monoisotopic (exact) mass is 244 g/mol. The van der Waals surface area contributed by atoms with Crippen LogP contribution < -0.4 is 0 Å². The average Bonchev–Trinajstić information content (AvgIpc) is 2.39. The summed E-state index contributed by atoms with van der Waals surface area (Å²) in [6.45, 7) is 1.82. The van der Waals surface area contributed by atoms with E-state index in [0.717, 1.165) is 16.7 Å². The highest BCUT2D eigenvalue weighted by atomic mass is 16.5. The van der Waals surface area contributed by atoms with Crippen LogP contribution in [0.25, 0.3) is 6.08 Å². The minimum Gasteiger partial charge on any atom is -0.466 e. The summed E-state index contributed by atoms with van der Waals surface area (Å²) >= 11 is 0. The predicted molar refractivity (Wildman–Crippen MR) is 69.7 cm³/mol. The Labute approximate surface area is 106 Å². The number of fused-ring (bicyclic) bond motifs is 1. The normalized spacial score (nSPS) is 22.5. The van der Waals surface area contributed by atoms with Crippen molar-refractivity contribution in [2.45, 2.75) is 13.0 Å². The molecule has 0 amide bonds. The highest BCUT2D eigenvalue weighted by molar-refractivity contribution is 5.82. The van der Waals surface area contributed by atoms with Gasteiger partial charge in [0.2, 0.25) is 0 Å². The number of esters is 1. The first-order chi connectivity index (χ1) is 8.63. The third-order valence-electron chi connectivity index (χ3n) is 3.21. The van der Waals surface area contributed by atoms with E-state index in [1.807, 2.05) is 43.3 Å². The molecule has 2 unspecified atom stereocenters. The van der Waals surface area contributed by atoms with Gasteiger partial charge in [-0.3, -0.25) is 0 Å². The van der Waals surface area contributed by atoms with Gasteiger partial charge in [-0.1, -0.05) is 42.0 Å². The molecule has 3 heteroatoms. The van der Waals surface area contributed by atoms with Gasteiger partial charge in [0.1, 0.15) is 0 Å². The number of aliphatic hydroxyl groups is 1. The second-order valence-corrected chi connectivity index (χ2v) is 4.37. The lowest BCUT2D eigenvalue weighted by molar-refractivity contribution is -0.134. The quantitative estimate of drug-likeness (QED) is 0.642. The van der Waals surface area contributed by atoms with Crippen LogP contribution in [0, 0.1) is 5.92 Å². The summed E-state index contributed by atoms with van der Waals surface area (Å²) in [6.07, 6.45) is 4.70. The molecule has 1 aromatic carbocycles. The van der Waals surface area contributed by atoms with Gasteiger partial charge in [-0.15, -0.1) is 0 Å². The van der Waals surface area contributed by atoms with E-state index in [0.29, 0.717) is 0 Å². The Morgan fingerprint density at radius 2 is 2.11 bits per heavy atom. The molecule has 0 saturated heterocycles. The third-order valence-corrected chi connectivity index (χ3v) is 3.21. The van der Waals surface area contributed by atoms with Gasteiger partial charge in [0.25, 0.3) is 0 Å². The van der Waals surface area contributed by atoms with Crippen molar-refractivity contribution < 1.29 is 14.6 Å². The maximum absolute atomic E-state index is 11.2. The summed E-state index contributed by atoms with van der Waals surface area (Å²) in [6, 6.07) is 7.71. The van der Waals surface area contributed by atoms with Crippen molar-refractivity contribution in [1.29, 1.82) is 0 Å². The Morgan fingerprint density at radius 3 is 2.83 bits per heavy atom. The molecule has 0 fully saturated rings. The fraction of sp³-hybridized carbons (Fsp3) is 0.267. The van der Waals surface area contributed by atoms with Crippen molar-refractivity contribution in [3.8, 4) is 0 Å². The molecule has 18 heavy (non-hydrogen) atoms. The molecule has 94 valence electrons. The molecule has 1 aliphatic carbocycles. The van der Waals surface area contributed by atoms with E-state index < -0.39 is 12.1 Å². The minimum absolute atomic E-state index is 0.181. The third kappa shape index (κ3) is 2.36. The van der Waals surface area contributed by atoms with Gasteiger partial charge in [-0.05, 0) is 18.1 Å². The Balaban J connectivity index is 2.29. The number of hydrogen-bond donors (Lipinski definition) is 1. The van der Waals surface area contributed by atoms with Crippen LogP contribution in [0.5, 0.6) is 0 Å². The summed E-state index contributed by atoms with van der Waals surface area (Å²) in [5.41, 5.74) is 2.70. The van der Waals surface area contributed by atoms with E-state index in [1.165, 1.54) is 13.2 Å². The van der Waals surface area contributed by atoms with Crippen molar-refractivity contribution in [3.05, 3.63) is 53.1 Å². The van der Waals surface area contributed by atoms with Gasteiger partial charge in [0, 0.05) is 12.0 Å². The molecule has 0 aromatic heterocycles. The second kappa shape index (κ2) is 5.19. The van der Waals surface area contributed by atoms with Gasteiger partial charge in [0.15, 0.2) is 0 Å². The van der Waals surface area contributed by atoms with Crippen LogP contribution in [-0.4, -0.2) is 18.2 Å². The zero-order valence-corrected chi connectivity index (χ0v) is 10.5. The molecule has 0 radical (unpaired) electrons. The summed E-state index contributed by atoms with van der Waals surface area (Å²) in [5.74, 6) is -0.578. The maximum atomic E-state index is 11.2. The van der Waals surface area contributed by atoms with Gasteiger partial charge in [0.05, 0.1) is 13.2 Å². The molecule has 0 saturated carbocycles. The summed E-state index contributed by atoms with van der Waals surface area (Å²) in [5, 5.41) is 10.3. The predicted octanol–water partition coefficient (Wildman–Crippen LogP) is 2.48. The van der Waals surface area contributed by atoms with Gasteiger partial charge in [-0.2, -0.15) is 0 Å². The zero-order chi connectivity index (χ0) is 13.1. The minimum atomic E-state index is -0.618. The smallest absolute Gasteiger partial charge is 0.330 e. The van der Waals surface area contributed by atoms with Crippen molar-refractivity contribution in [3.63, 3.8) is 0 Å². The Kier molecular flexibility index (Phi) is 3.63. The maximum Gasteiger partial charge on any atom is 0.330 e. The van der Waals surface area contributed by atoms with Crippen molar-refractivity contribution in [2.75, 3.05) is 7.11 Å². The van der Waals surface area contributed by atoms with Crippen LogP contribution in [-0.2, 0) is 9.53 Å². The molecule has 0 bridgehead atoms. The summed E-state index contributed by atoms with van der Waals surface area (Å²) < 4.78 is 4.60. The molecule has 1 N–H and O–H groups in total. The van der Waals surface area contributed by atoms with Gasteiger partial charge >= 0.3 is 5.97 Å². The second-order valence-electron chi connectivity index (χ2n) is 4.37. The van der Waals surface area contributed by atoms with Gasteiger partial charge < -0.3 is 9.84 Å². The lowest BCUT2D eigenvalue weighted by Gasteiger charge is -2.26. The van der Waals surface area contributed by atoms with Crippen molar-refractivity contribution >= 4 is 12.0 Å². The van der Waals surface area contributed by atoms with Gasteiger partial charge in [-0.25, -0.2) is 4.79 Å². The zero-order valence-electron chi connectivity index (χ0n) is 10.5. The first kappa shape index (κ1) is 12.6. The van der Waals surface area contributed by atoms with Crippen LogP contribution >= 0.6 is 0 Å². The molecular weight excluding hydrogens is 228 g/mol. The number of methoxy groups -OCH3 is 1. The van der Waals surface area contributed by atoms with E-state index in [1.54, 1.807) is 0 Å². The number of benzene rings is 1. The molecule has 0 spiro atoms. The van der Waals surface area contributed by atoms with Crippen LogP contribution in [0.4, 0.5) is 0 Å². The summed E-state index contributed by atoms with van der Waals surface area (Å²) in [4.78, 5) is 11.2. The van der Waals surface area contributed by atoms with E-state index >= 15 is 0 Å². The lowest BCUT2D eigenvalue weighted by atomic mass is 9.83. The van der Waals surface area contributed by atoms with E-state index in [9.17, 15) is 9.90 Å². The number of carbonyl (C=O) groups excluding carboxylic acids is 1. The highest BCUT2D eigenvalue weighted by Crippen LogP contribution is 2.35. The Bertz CT molecular complexity index is 514.